The van der Waals surface area contributed by atoms with Gasteiger partial charge in [-0.3, -0.25) is 4.79 Å². The predicted molar refractivity (Wildman–Crippen MR) is 96.1 cm³/mol. The maximum absolute atomic E-state index is 12.3. The molecule has 0 spiro atoms. The molecule has 2 aromatic rings. The molecule has 0 saturated carbocycles. The normalized spacial score (nSPS) is 10.3. The summed E-state index contributed by atoms with van der Waals surface area (Å²) < 4.78 is 0. The van der Waals surface area contributed by atoms with Crippen molar-refractivity contribution in [1.29, 1.82) is 0 Å². The number of hydrogen-bond donors (Lipinski definition) is 3. The van der Waals surface area contributed by atoms with Crippen LogP contribution in [0.4, 0.5) is 10.5 Å². The van der Waals surface area contributed by atoms with E-state index in [2.05, 4.69) is 16.0 Å². The van der Waals surface area contributed by atoms with E-state index in [-0.39, 0.29) is 18.0 Å². The molecule has 24 heavy (non-hydrogen) atoms. The van der Waals surface area contributed by atoms with Crippen molar-refractivity contribution < 1.29 is 9.59 Å². The zero-order chi connectivity index (χ0) is 17.5. The van der Waals surface area contributed by atoms with Crippen molar-refractivity contribution >= 4 is 17.6 Å². The Hall–Kier alpha value is -2.82. The summed E-state index contributed by atoms with van der Waals surface area (Å²) >= 11 is 0. The average Bonchev–Trinajstić information content (AvgIpc) is 2.53. The Morgan fingerprint density at radius 3 is 2.42 bits per heavy atom. The van der Waals surface area contributed by atoms with Gasteiger partial charge in [-0.15, -0.1) is 0 Å². The van der Waals surface area contributed by atoms with E-state index in [1.54, 1.807) is 24.3 Å². The fraction of sp³-hybridized carbons (Fsp3) is 0.263. The Morgan fingerprint density at radius 2 is 1.75 bits per heavy atom. The number of anilines is 1. The Kier molecular flexibility index (Phi) is 5.95. The molecule has 2 rings (SSSR count). The van der Waals surface area contributed by atoms with Crippen LogP contribution in [0.1, 0.15) is 35.3 Å². The SMILES string of the molecule is Cc1ccc(CNC(=O)c2cccc(NC(=O)NC(C)C)c2)cc1. The summed E-state index contributed by atoms with van der Waals surface area (Å²) in [6.07, 6.45) is 0. The molecule has 5 heteroatoms. The quantitative estimate of drug-likeness (QED) is 0.788. The number of benzene rings is 2. The lowest BCUT2D eigenvalue weighted by Gasteiger charge is -2.11. The van der Waals surface area contributed by atoms with E-state index >= 15 is 0 Å². The highest BCUT2D eigenvalue weighted by atomic mass is 16.2. The third kappa shape index (κ3) is 5.43. The molecule has 0 unspecified atom stereocenters. The fourth-order valence-corrected chi connectivity index (χ4v) is 2.16. The van der Waals surface area contributed by atoms with E-state index in [0.29, 0.717) is 17.8 Å². The summed E-state index contributed by atoms with van der Waals surface area (Å²) in [6, 6.07) is 14.6. The highest BCUT2D eigenvalue weighted by Gasteiger charge is 2.08. The summed E-state index contributed by atoms with van der Waals surface area (Å²) in [5, 5.41) is 8.34. The van der Waals surface area contributed by atoms with Gasteiger partial charge in [0.2, 0.25) is 0 Å². The lowest BCUT2D eigenvalue weighted by Crippen LogP contribution is -2.34. The van der Waals surface area contributed by atoms with Gasteiger partial charge in [-0.25, -0.2) is 4.79 Å². The van der Waals surface area contributed by atoms with E-state index in [0.717, 1.165) is 5.56 Å². The number of amides is 3. The molecule has 0 fully saturated rings. The third-order valence-electron chi connectivity index (χ3n) is 3.38. The Labute approximate surface area is 142 Å². The summed E-state index contributed by atoms with van der Waals surface area (Å²) in [4.78, 5) is 24.0. The monoisotopic (exact) mass is 325 g/mol. The molecule has 126 valence electrons. The van der Waals surface area contributed by atoms with Crippen LogP contribution >= 0.6 is 0 Å². The largest absolute Gasteiger partial charge is 0.348 e. The van der Waals surface area contributed by atoms with Gasteiger partial charge in [0.05, 0.1) is 0 Å². The molecule has 0 atom stereocenters. The van der Waals surface area contributed by atoms with E-state index in [4.69, 9.17) is 0 Å². The second-order valence-electron chi connectivity index (χ2n) is 6.00. The molecular weight excluding hydrogens is 302 g/mol. The molecule has 0 aromatic heterocycles. The van der Waals surface area contributed by atoms with Crippen LogP contribution in [0.5, 0.6) is 0 Å². The average molecular weight is 325 g/mol. The van der Waals surface area contributed by atoms with Gasteiger partial charge in [-0.1, -0.05) is 35.9 Å². The molecular formula is C19H23N3O2. The van der Waals surface area contributed by atoms with Crippen LogP contribution in [0, 0.1) is 6.92 Å². The lowest BCUT2D eigenvalue weighted by molar-refractivity contribution is 0.0951. The predicted octanol–water partition coefficient (Wildman–Crippen LogP) is 3.45. The van der Waals surface area contributed by atoms with Gasteiger partial charge in [0.25, 0.3) is 5.91 Å². The Morgan fingerprint density at radius 1 is 1.04 bits per heavy atom. The summed E-state index contributed by atoms with van der Waals surface area (Å²) in [6.45, 7) is 6.25. The van der Waals surface area contributed by atoms with Crippen LogP contribution in [0.15, 0.2) is 48.5 Å². The van der Waals surface area contributed by atoms with Gasteiger partial charge < -0.3 is 16.0 Å². The molecule has 0 radical (unpaired) electrons. The van der Waals surface area contributed by atoms with Crippen LogP contribution < -0.4 is 16.0 Å². The minimum atomic E-state index is -0.290. The van der Waals surface area contributed by atoms with Crippen molar-refractivity contribution in [2.45, 2.75) is 33.4 Å². The molecule has 3 N–H and O–H groups in total. The van der Waals surface area contributed by atoms with Gasteiger partial charge in [0, 0.05) is 23.8 Å². The van der Waals surface area contributed by atoms with Gasteiger partial charge >= 0.3 is 6.03 Å². The molecule has 0 aliphatic heterocycles. The molecule has 0 saturated heterocycles. The minimum Gasteiger partial charge on any atom is -0.348 e. The Balaban J connectivity index is 1.95. The van der Waals surface area contributed by atoms with Gasteiger partial charge in [0.1, 0.15) is 0 Å². The van der Waals surface area contributed by atoms with E-state index in [1.807, 2.05) is 45.0 Å². The molecule has 0 aliphatic carbocycles. The molecule has 3 amide bonds. The van der Waals surface area contributed by atoms with Crippen molar-refractivity contribution in [3.8, 4) is 0 Å². The molecule has 5 nitrogen and oxygen atoms in total. The molecule has 2 aromatic carbocycles. The van der Waals surface area contributed by atoms with Crippen molar-refractivity contribution in [1.82, 2.24) is 10.6 Å². The minimum absolute atomic E-state index is 0.0472. The molecule has 0 bridgehead atoms. The zero-order valence-electron chi connectivity index (χ0n) is 14.2. The maximum atomic E-state index is 12.3. The first-order valence-corrected chi connectivity index (χ1v) is 7.95. The third-order valence-corrected chi connectivity index (χ3v) is 3.38. The highest BCUT2D eigenvalue weighted by Crippen LogP contribution is 2.11. The molecule has 0 heterocycles. The van der Waals surface area contributed by atoms with Crippen LogP contribution in [0.25, 0.3) is 0 Å². The zero-order valence-corrected chi connectivity index (χ0v) is 14.2. The van der Waals surface area contributed by atoms with Gasteiger partial charge in [-0.2, -0.15) is 0 Å². The summed E-state index contributed by atoms with van der Waals surface area (Å²) in [5.74, 6) is -0.177. The number of nitrogens with one attached hydrogen (secondary N) is 3. The smallest absolute Gasteiger partial charge is 0.319 e. The Bertz CT molecular complexity index is 709. The van der Waals surface area contributed by atoms with Gasteiger partial charge in [0.15, 0.2) is 0 Å². The number of carbonyl (C=O) groups is 2. The fourth-order valence-electron chi connectivity index (χ4n) is 2.16. The van der Waals surface area contributed by atoms with Crippen LogP contribution in [-0.4, -0.2) is 18.0 Å². The van der Waals surface area contributed by atoms with Crippen LogP contribution in [0.2, 0.25) is 0 Å². The first-order chi connectivity index (χ1) is 11.4. The van der Waals surface area contributed by atoms with Crippen molar-refractivity contribution in [2.75, 3.05) is 5.32 Å². The number of carbonyl (C=O) groups excluding carboxylic acids is 2. The number of hydrogen-bond acceptors (Lipinski definition) is 2. The van der Waals surface area contributed by atoms with Crippen LogP contribution in [-0.2, 0) is 6.54 Å². The summed E-state index contributed by atoms with van der Waals surface area (Å²) in [5.41, 5.74) is 3.31. The maximum Gasteiger partial charge on any atom is 0.319 e. The lowest BCUT2D eigenvalue weighted by atomic mass is 10.1. The van der Waals surface area contributed by atoms with Crippen molar-refractivity contribution in [3.05, 3.63) is 65.2 Å². The van der Waals surface area contributed by atoms with E-state index in [1.165, 1.54) is 5.56 Å². The second kappa shape index (κ2) is 8.15. The highest BCUT2D eigenvalue weighted by molar-refractivity contribution is 5.96. The van der Waals surface area contributed by atoms with E-state index in [9.17, 15) is 9.59 Å². The van der Waals surface area contributed by atoms with Gasteiger partial charge in [-0.05, 0) is 44.5 Å². The second-order valence-corrected chi connectivity index (χ2v) is 6.00. The molecule has 0 aliphatic rings. The standard InChI is InChI=1S/C19H23N3O2/c1-13(2)21-19(24)22-17-6-4-5-16(11-17)18(23)20-12-15-9-7-14(3)8-10-15/h4-11,13H,12H2,1-3H3,(H,20,23)(H2,21,22,24). The van der Waals surface area contributed by atoms with Crippen molar-refractivity contribution in [2.24, 2.45) is 0 Å². The summed E-state index contributed by atoms with van der Waals surface area (Å²) in [7, 11) is 0. The van der Waals surface area contributed by atoms with Crippen molar-refractivity contribution in [3.63, 3.8) is 0 Å². The first kappa shape index (κ1) is 17.5. The topological polar surface area (TPSA) is 70.2 Å². The first-order valence-electron chi connectivity index (χ1n) is 7.95. The number of urea groups is 1. The van der Waals surface area contributed by atoms with E-state index < -0.39 is 0 Å². The van der Waals surface area contributed by atoms with Crippen LogP contribution in [0.3, 0.4) is 0 Å². The number of rotatable bonds is 5. The number of aryl methyl sites for hydroxylation is 1.